The lowest BCUT2D eigenvalue weighted by Gasteiger charge is -2.32. The van der Waals surface area contributed by atoms with Crippen LogP contribution in [0.4, 0.5) is 14.5 Å². The summed E-state index contributed by atoms with van der Waals surface area (Å²) in [5.41, 5.74) is 1.74. The molecule has 2 aliphatic heterocycles. The molecule has 0 unspecified atom stereocenters. The van der Waals surface area contributed by atoms with Gasteiger partial charge in [-0.1, -0.05) is 19.1 Å². The molecule has 0 bridgehead atoms. The molecule has 1 saturated heterocycles. The maximum atomic E-state index is 14.9. The fraction of sp³-hybridized carbons (Fsp3) is 0.517. The standard InChI is InChI=1S/C29H37BF2N2O6/c1-8-16(2)33-18-12-22(31)25(23(32)13-18)26(35)34-24(27(36)37-7)11-17-9-10-21(20-15-38-14-19(17)20)30-39-28(3,4)29(5,6)40-30/h9-10,12-13,16,24,33H,8,11,14-15H2,1-7H3,(H,34,35)/t16-,24-/m0/s1. The second-order valence-electron chi connectivity index (χ2n) is 11.4. The van der Waals surface area contributed by atoms with Crippen molar-refractivity contribution >= 4 is 30.1 Å². The second kappa shape index (κ2) is 11.5. The van der Waals surface area contributed by atoms with Crippen LogP contribution >= 0.6 is 0 Å². The zero-order valence-corrected chi connectivity index (χ0v) is 24.1. The topological polar surface area (TPSA) is 95.1 Å². The molecular formula is C29H37BF2N2O6. The minimum absolute atomic E-state index is 0.0101. The molecule has 0 spiro atoms. The molecule has 40 heavy (non-hydrogen) atoms. The van der Waals surface area contributed by atoms with Gasteiger partial charge in [0.05, 0.1) is 31.5 Å². The summed E-state index contributed by atoms with van der Waals surface area (Å²) < 4.78 is 52.8. The number of carbonyl (C=O) groups is 2. The summed E-state index contributed by atoms with van der Waals surface area (Å²) in [6, 6.07) is 4.62. The molecule has 2 heterocycles. The first-order valence-corrected chi connectivity index (χ1v) is 13.5. The van der Waals surface area contributed by atoms with Crippen molar-refractivity contribution in [2.75, 3.05) is 12.4 Å². The third-order valence-corrected chi connectivity index (χ3v) is 8.07. The predicted octanol–water partition coefficient (Wildman–Crippen LogP) is 4.02. The molecule has 8 nitrogen and oxygen atoms in total. The van der Waals surface area contributed by atoms with Crippen molar-refractivity contribution in [3.05, 3.63) is 58.2 Å². The van der Waals surface area contributed by atoms with Crippen molar-refractivity contribution < 1.29 is 37.2 Å². The molecular weight excluding hydrogens is 521 g/mol. The van der Waals surface area contributed by atoms with E-state index in [0.717, 1.165) is 40.7 Å². The number of benzene rings is 2. The van der Waals surface area contributed by atoms with E-state index in [1.807, 2.05) is 53.7 Å². The molecule has 0 radical (unpaired) electrons. The van der Waals surface area contributed by atoms with Crippen LogP contribution < -0.4 is 16.1 Å². The third kappa shape index (κ3) is 5.87. The average Bonchev–Trinajstić information content (AvgIpc) is 3.44. The summed E-state index contributed by atoms with van der Waals surface area (Å²) in [6.07, 6.45) is 0.781. The Kier molecular flexibility index (Phi) is 8.58. The lowest BCUT2D eigenvalue weighted by atomic mass is 9.74. The van der Waals surface area contributed by atoms with Gasteiger partial charge in [0.15, 0.2) is 0 Å². The Labute approximate surface area is 234 Å². The van der Waals surface area contributed by atoms with Crippen molar-refractivity contribution in [2.45, 2.75) is 90.9 Å². The van der Waals surface area contributed by atoms with Gasteiger partial charge in [0, 0.05) is 18.2 Å². The summed E-state index contributed by atoms with van der Waals surface area (Å²) in [4.78, 5) is 25.7. The summed E-state index contributed by atoms with van der Waals surface area (Å²) in [7, 11) is 0.599. The lowest BCUT2D eigenvalue weighted by Crippen LogP contribution is -2.44. The molecule has 1 amide bonds. The highest BCUT2D eigenvalue weighted by Crippen LogP contribution is 2.37. The van der Waals surface area contributed by atoms with Gasteiger partial charge in [0.25, 0.3) is 5.91 Å². The largest absolute Gasteiger partial charge is 0.495 e. The SMILES string of the molecule is CC[C@H](C)Nc1cc(F)c(C(=O)N[C@@H](Cc2ccc(B3OC(C)(C)C(C)(C)O3)c3c2COC3)C(=O)OC)c(F)c1. The van der Waals surface area contributed by atoms with Gasteiger partial charge in [-0.2, -0.15) is 0 Å². The summed E-state index contributed by atoms with van der Waals surface area (Å²) in [6.45, 7) is 12.4. The van der Waals surface area contributed by atoms with E-state index in [4.69, 9.17) is 18.8 Å². The molecule has 0 aromatic heterocycles. The number of nitrogens with one attached hydrogen (secondary N) is 2. The van der Waals surface area contributed by atoms with Gasteiger partial charge in [-0.25, -0.2) is 13.6 Å². The minimum Gasteiger partial charge on any atom is -0.467 e. The predicted molar refractivity (Wildman–Crippen MR) is 147 cm³/mol. The molecule has 2 aromatic carbocycles. The number of carbonyl (C=O) groups excluding carboxylic acids is 2. The quantitative estimate of drug-likeness (QED) is 0.355. The minimum atomic E-state index is -1.19. The summed E-state index contributed by atoms with van der Waals surface area (Å²) in [5.74, 6) is -3.87. The fourth-order valence-electron chi connectivity index (χ4n) is 4.79. The molecule has 0 aliphatic carbocycles. The Bertz CT molecular complexity index is 1260. The molecule has 2 atom stereocenters. The van der Waals surface area contributed by atoms with E-state index in [0.29, 0.717) is 13.2 Å². The average molecular weight is 558 g/mol. The molecule has 4 rings (SSSR count). The van der Waals surface area contributed by atoms with E-state index in [-0.39, 0.29) is 18.2 Å². The first-order valence-electron chi connectivity index (χ1n) is 13.5. The summed E-state index contributed by atoms with van der Waals surface area (Å²) >= 11 is 0. The van der Waals surface area contributed by atoms with Gasteiger partial charge >= 0.3 is 13.1 Å². The van der Waals surface area contributed by atoms with E-state index in [9.17, 15) is 18.4 Å². The lowest BCUT2D eigenvalue weighted by molar-refractivity contribution is -0.142. The van der Waals surface area contributed by atoms with Crippen LogP contribution in [0.3, 0.4) is 0 Å². The smallest absolute Gasteiger partial charge is 0.467 e. The third-order valence-electron chi connectivity index (χ3n) is 8.07. The van der Waals surface area contributed by atoms with Gasteiger partial charge in [0.1, 0.15) is 23.2 Å². The molecule has 2 aromatic rings. The van der Waals surface area contributed by atoms with E-state index >= 15 is 0 Å². The number of ether oxygens (including phenoxy) is 2. The van der Waals surface area contributed by atoms with Crippen molar-refractivity contribution in [3.8, 4) is 0 Å². The van der Waals surface area contributed by atoms with Crippen LogP contribution in [0.2, 0.25) is 0 Å². The Balaban J connectivity index is 1.58. The van der Waals surface area contributed by atoms with Crippen LogP contribution in [0.5, 0.6) is 0 Å². The number of amides is 1. The molecule has 2 aliphatic rings. The van der Waals surface area contributed by atoms with E-state index in [1.165, 1.54) is 7.11 Å². The Morgan fingerprint density at radius 3 is 2.23 bits per heavy atom. The highest BCUT2D eigenvalue weighted by molar-refractivity contribution is 6.62. The fourth-order valence-corrected chi connectivity index (χ4v) is 4.79. The van der Waals surface area contributed by atoms with Gasteiger partial charge < -0.3 is 29.4 Å². The first kappa shape index (κ1) is 30.0. The molecule has 2 N–H and O–H groups in total. The van der Waals surface area contributed by atoms with E-state index in [2.05, 4.69) is 10.6 Å². The number of methoxy groups -OCH3 is 1. The van der Waals surface area contributed by atoms with Gasteiger partial charge in [0.2, 0.25) is 0 Å². The maximum Gasteiger partial charge on any atom is 0.495 e. The van der Waals surface area contributed by atoms with Crippen LogP contribution in [0, 0.1) is 11.6 Å². The van der Waals surface area contributed by atoms with Crippen LogP contribution in [0.25, 0.3) is 0 Å². The van der Waals surface area contributed by atoms with Crippen LogP contribution in [0.1, 0.15) is 75.0 Å². The Morgan fingerprint density at radius 1 is 1.05 bits per heavy atom. The normalized spacial score (nSPS) is 18.7. The van der Waals surface area contributed by atoms with Crippen LogP contribution in [-0.2, 0) is 43.2 Å². The van der Waals surface area contributed by atoms with Crippen LogP contribution in [0.15, 0.2) is 24.3 Å². The van der Waals surface area contributed by atoms with Crippen molar-refractivity contribution in [1.29, 1.82) is 0 Å². The zero-order valence-electron chi connectivity index (χ0n) is 24.1. The van der Waals surface area contributed by atoms with Gasteiger partial charge in [-0.15, -0.1) is 0 Å². The maximum absolute atomic E-state index is 14.9. The highest BCUT2D eigenvalue weighted by atomic mass is 19.1. The number of halogens is 2. The van der Waals surface area contributed by atoms with Gasteiger partial charge in [-0.05, 0) is 75.3 Å². The molecule has 1 fully saturated rings. The first-order chi connectivity index (χ1) is 18.8. The van der Waals surface area contributed by atoms with E-state index < -0.39 is 53.4 Å². The number of anilines is 1. The molecule has 11 heteroatoms. The molecule has 0 saturated carbocycles. The van der Waals surface area contributed by atoms with Crippen molar-refractivity contribution in [3.63, 3.8) is 0 Å². The second-order valence-corrected chi connectivity index (χ2v) is 11.4. The van der Waals surface area contributed by atoms with Crippen molar-refractivity contribution in [2.24, 2.45) is 0 Å². The monoisotopic (exact) mass is 558 g/mol. The van der Waals surface area contributed by atoms with Gasteiger partial charge in [-0.3, -0.25) is 4.79 Å². The summed E-state index contributed by atoms with van der Waals surface area (Å²) in [5, 5.41) is 5.45. The number of hydrogen-bond donors (Lipinski definition) is 2. The number of hydrogen-bond acceptors (Lipinski definition) is 7. The Hall–Kier alpha value is -3.02. The highest BCUT2D eigenvalue weighted by Gasteiger charge is 2.52. The van der Waals surface area contributed by atoms with Crippen molar-refractivity contribution in [1.82, 2.24) is 5.32 Å². The zero-order chi connectivity index (χ0) is 29.4. The van der Waals surface area contributed by atoms with Crippen LogP contribution in [-0.4, -0.2) is 49.4 Å². The number of rotatable bonds is 9. The molecule has 216 valence electrons. The number of esters is 1. The number of fused-ring (bicyclic) bond motifs is 1. The Morgan fingerprint density at radius 2 is 1.65 bits per heavy atom. The van der Waals surface area contributed by atoms with E-state index in [1.54, 1.807) is 0 Å².